The van der Waals surface area contributed by atoms with Crippen LogP contribution in [0.1, 0.15) is 39.1 Å². The number of rotatable bonds is 6. The first kappa shape index (κ1) is 25.3. The summed E-state index contributed by atoms with van der Waals surface area (Å²) in [6.07, 6.45) is 2.02. The lowest BCUT2D eigenvalue weighted by atomic mass is 10.1. The first-order valence-corrected chi connectivity index (χ1v) is 13.0. The molecule has 5 rings (SSSR count). The molecule has 3 aromatic carbocycles. The van der Waals surface area contributed by atoms with Crippen LogP contribution in [0.25, 0.3) is 0 Å². The minimum Gasteiger partial charge on any atom is -0.368 e. The molecule has 0 aliphatic carbocycles. The van der Waals surface area contributed by atoms with Crippen molar-refractivity contribution in [3.8, 4) is 0 Å². The van der Waals surface area contributed by atoms with Gasteiger partial charge in [-0.1, -0.05) is 18.2 Å². The molecule has 2 saturated heterocycles. The Bertz CT molecular complexity index is 1340. The van der Waals surface area contributed by atoms with E-state index in [-0.39, 0.29) is 17.2 Å². The number of carbonyl (C=O) groups is 2. The molecule has 0 atom stereocenters. The third-order valence-electron chi connectivity index (χ3n) is 7.31. The number of aryl methyl sites for hydroxylation is 1. The zero-order chi connectivity index (χ0) is 26.6. The third kappa shape index (κ3) is 5.32. The number of carbonyl (C=O) groups excluding carboxylic acids is 2. The third-order valence-corrected chi connectivity index (χ3v) is 7.31. The van der Waals surface area contributed by atoms with Crippen molar-refractivity contribution in [1.82, 2.24) is 4.90 Å². The molecule has 1 N–H and O–H groups in total. The van der Waals surface area contributed by atoms with Crippen LogP contribution in [-0.2, 0) is 0 Å². The van der Waals surface area contributed by atoms with Gasteiger partial charge in [0.25, 0.3) is 17.5 Å². The highest BCUT2D eigenvalue weighted by molar-refractivity contribution is 6.05. The Morgan fingerprint density at radius 1 is 0.842 bits per heavy atom. The topological polar surface area (TPSA) is 99.0 Å². The van der Waals surface area contributed by atoms with Crippen LogP contribution < -0.4 is 15.1 Å². The fourth-order valence-electron chi connectivity index (χ4n) is 5.15. The van der Waals surface area contributed by atoms with Gasteiger partial charge < -0.3 is 20.0 Å². The lowest BCUT2D eigenvalue weighted by Crippen LogP contribution is -2.48. The van der Waals surface area contributed by atoms with Gasteiger partial charge in [0.15, 0.2) is 0 Å². The Morgan fingerprint density at radius 2 is 1.53 bits per heavy atom. The van der Waals surface area contributed by atoms with Crippen molar-refractivity contribution in [2.45, 2.75) is 19.8 Å². The molecule has 0 spiro atoms. The van der Waals surface area contributed by atoms with Gasteiger partial charge in [-0.05, 0) is 67.8 Å². The number of nitrogens with zero attached hydrogens (tertiary/aromatic N) is 4. The largest absolute Gasteiger partial charge is 0.368 e. The molecule has 2 aliphatic heterocycles. The summed E-state index contributed by atoms with van der Waals surface area (Å²) < 4.78 is 0. The summed E-state index contributed by atoms with van der Waals surface area (Å²) in [7, 11) is 0. The average molecular weight is 514 g/mol. The summed E-state index contributed by atoms with van der Waals surface area (Å²) in [6.45, 7) is 6.24. The van der Waals surface area contributed by atoms with E-state index in [0.29, 0.717) is 24.5 Å². The molecule has 0 radical (unpaired) electrons. The molecule has 0 unspecified atom stereocenters. The first-order valence-electron chi connectivity index (χ1n) is 13.0. The summed E-state index contributed by atoms with van der Waals surface area (Å²) in [6, 6.07) is 19.8. The maximum absolute atomic E-state index is 12.9. The summed E-state index contributed by atoms with van der Waals surface area (Å²) in [5.74, 6) is -0.327. The molecule has 2 heterocycles. The predicted octanol–water partition coefficient (Wildman–Crippen LogP) is 4.72. The van der Waals surface area contributed by atoms with Crippen molar-refractivity contribution in [1.29, 1.82) is 0 Å². The zero-order valence-corrected chi connectivity index (χ0v) is 21.4. The van der Waals surface area contributed by atoms with E-state index < -0.39 is 10.8 Å². The van der Waals surface area contributed by atoms with E-state index in [1.807, 2.05) is 65.3 Å². The maximum atomic E-state index is 12.9. The van der Waals surface area contributed by atoms with Gasteiger partial charge in [0.1, 0.15) is 5.69 Å². The highest BCUT2D eigenvalue weighted by Gasteiger charge is 2.25. The molecule has 0 aromatic heterocycles. The van der Waals surface area contributed by atoms with Crippen LogP contribution in [0.2, 0.25) is 0 Å². The Labute approximate surface area is 221 Å². The normalized spacial score (nSPS) is 15.4. The Hall–Kier alpha value is -4.40. The van der Waals surface area contributed by atoms with Gasteiger partial charge in [-0.2, -0.15) is 0 Å². The van der Waals surface area contributed by atoms with E-state index in [0.717, 1.165) is 55.8 Å². The van der Waals surface area contributed by atoms with Gasteiger partial charge in [0, 0.05) is 67.8 Å². The fraction of sp³-hybridized carbons (Fsp3) is 0.310. The summed E-state index contributed by atoms with van der Waals surface area (Å²) in [4.78, 5) is 43.1. The molecule has 0 saturated carbocycles. The van der Waals surface area contributed by atoms with Gasteiger partial charge in [-0.15, -0.1) is 0 Å². The van der Waals surface area contributed by atoms with Crippen LogP contribution in [0, 0.1) is 17.0 Å². The number of nitro groups is 1. The van der Waals surface area contributed by atoms with Crippen LogP contribution in [-0.4, -0.2) is 60.9 Å². The number of hydrogen-bond donors (Lipinski definition) is 1. The molecule has 2 fully saturated rings. The minimum absolute atomic E-state index is 0.0463. The number of amides is 2. The van der Waals surface area contributed by atoms with Gasteiger partial charge in [0.2, 0.25) is 0 Å². The summed E-state index contributed by atoms with van der Waals surface area (Å²) in [5.41, 5.74) is 4.11. The van der Waals surface area contributed by atoms with Crippen molar-refractivity contribution in [3.05, 3.63) is 93.5 Å². The second-order valence-corrected chi connectivity index (χ2v) is 9.75. The highest BCUT2D eigenvalue weighted by atomic mass is 16.6. The monoisotopic (exact) mass is 513 g/mol. The van der Waals surface area contributed by atoms with Gasteiger partial charge >= 0.3 is 0 Å². The molecule has 9 nitrogen and oxygen atoms in total. The number of hydrogen-bond acceptors (Lipinski definition) is 6. The number of nitro benzene ring substituents is 1. The molecule has 0 bridgehead atoms. The summed E-state index contributed by atoms with van der Waals surface area (Å²) >= 11 is 0. The smallest absolute Gasteiger partial charge is 0.293 e. The van der Waals surface area contributed by atoms with Crippen molar-refractivity contribution < 1.29 is 14.5 Å². The standard InChI is InChI=1S/C29H31N5O4/c1-21-6-2-3-7-25(21)29(36)33-18-16-31(17-19-33)24-11-9-23(10-12-24)30-28(35)22-8-13-26(27(20-22)34(37)38)32-14-4-5-15-32/h2-3,6-13,20H,4-5,14-19H2,1H3,(H,30,35). The quantitative estimate of drug-likeness (QED) is 0.378. The SMILES string of the molecule is Cc1ccccc1C(=O)N1CCN(c2ccc(NC(=O)c3ccc(N4CCCC4)c([N+](=O)[O-])c3)cc2)CC1. The second kappa shape index (κ2) is 10.9. The first-order chi connectivity index (χ1) is 18.4. The van der Waals surface area contributed by atoms with E-state index in [1.54, 1.807) is 12.1 Å². The van der Waals surface area contributed by atoms with Crippen molar-refractivity contribution >= 4 is 34.6 Å². The van der Waals surface area contributed by atoms with Crippen LogP contribution in [0.3, 0.4) is 0 Å². The van der Waals surface area contributed by atoms with Crippen LogP contribution >= 0.6 is 0 Å². The van der Waals surface area contributed by atoms with Crippen molar-refractivity contribution in [3.63, 3.8) is 0 Å². The van der Waals surface area contributed by atoms with Crippen molar-refractivity contribution in [2.24, 2.45) is 0 Å². The number of nitrogens with one attached hydrogen (secondary N) is 1. The second-order valence-electron chi connectivity index (χ2n) is 9.75. The summed E-state index contributed by atoms with van der Waals surface area (Å²) in [5, 5.41) is 14.5. The molecule has 9 heteroatoms. The molecule has 2 aliphatic rings. The Balaban J connectivity index is 1.20. The van der Waals surface area contributed by atoms with Crippen molar-refractivity contribution in [2.75, 3.05) is 54.4 Å². The average Bonchev–Trinajstić information content (AvgIpc) is 3.48. The van der Waals surface area contributed by atoms with Crippen LogP contribution in [0.4, 0.5) is 22.7 Å². The number of piperazine rings is 1. The van der Waals surface area contributed by atoms with E-state index >= 15 is 0 Å². The lowest BCUT2D eigenvalue weighted by molar-refractivity contribution is -0.384. The van der Waals surface area contributed by atoms with Gasteiger partial charge in [0.05, 0.1) is 4.92 Å². The van der Waals surface area contributed by atoms with Gasteiger partial charge in [-0.3, -0.25) is 19.7 Å². The van der Waals surface area contributed by atoms with Gasteiger partial charge in [-0.25, -0.2) is 0 Å². The zero-order valence-electron chi connectivity index (χ0n) is 21.4. The molecule has 3 aromatic rings. The number of benzene rings is 3. The Morgan fingerprint density at radius 3 is 2.18 bits per heavy atom. The van der Waals surface area contributed by atoms with Crippen LogP contribution in [0.15, 0.2) is 66.7 Å². The number of anilines is 3. The molecular formula is C29H31N5O4. The molecule has 38 heavy (non-hydrogen) atoms. The molecule has 2 amide bonds. The van der Waals surface area contributed by atoms with Crippen LogP contribution in [0.5, 0.6) is 0 Å². The maximum Gasteiger partial charge on any atom is 0.293 e. The molecule has 196 valence electrons. The van der Waals surface area contributed by atoms with E-state index in [2.05, 4.69) is 10.2 Å². The lowest BCUT2D eigenvalue weighted by Gasteiger charge is -2.36. The van der Waals surface area contributed by atoms with E-state index in [4.69, 9.17) is 0 Å². The Kier molecular flexibility index (Phi) is 7.26. The highest BCUT2D eigenvalue weighted by Crippen LogP contribution is 2.32. The fourth-order valence-corrected chi connectivity index (χ4v) is 5.15. The van der Waals surface area contributed by atoms with E-state index in [1.165, 1.54) is 6.07 Å². The molecular weight excluding hydrogens is 482 g/mol. The van der Waals surface area contributed by atoms with E-state index in [9.17, 15) is 19.7 Å². The predicted molar refractivity (Wildman–Crippen MR) is 148 cm³/mol. The minimum atomic E-state index is -0.423.